The highest BCUT2D eigenvalue weighted by Gasteiger charge is 2.15. The van der Waals surface area contributed by atoms with E-state index >= 15 is 0 Å². The number of nitrogens with zero attached hydrogens (tertiary/aromatic N) is 4. The zero-order chi connectivity index (χ0) is 19.4. The van der Waals surface area contributed by atoms with Crippen LogP contribution in [0.15, 0.2) is 28.0 Å². The second-order valence-corrected chi connectivity index (χ2v) is 7.43. The van der Waals surface area contributed by atoms with Crippen molar-refractivity contribution in [3.63, 3.8) is 0 Å². The molecule has 3 heterocycles. The van der Waals surface area contributed by atoms with Crippen molar-refractivity contribution in [3.8, 4) is 0 Å². The highest BCUT2D eigenvalue weighted by molar-refractivity contribution is 7.98. The molecule has 0 saturated carbocycles. The molecule has 0 aliphatic rings. The molecule has 0 aliphatic carbocycles. The van der Waals surface area contributed by atoms with Gasteiger partial charge in [0.25, 0.3) is 5.78 Å². The van der Waals surface area contributed by atoms with E-state index in [4.69, 9.17) is 4.42 Å². The van der Waals surface area contributed by atoms with Gasteiger partial charge in [0.2, 0.25) is 11.1 Å². The molecule has 1 atom stereocenters. The number of amides is 1. The monoisotopic (exact) mass is 387 g/mol. The van der Waals surface area contributed by atoms with E-state index in [1.807, 2.05) is 39.2 Å². The molecule has 3 aromatic heterocycles. The van der Waals surface area contributed by atoms with Crippen molar-refractivity contribution in [3.05, 3.63) is 41.1 Å². The number of fused-ring (bicyclic) bond motifs is 1. The Labute approximate surface area is 163 Å². The van der Waals surface area contributed by atoms with Gasteiger partial charge in [0, 0.05) is 30.3 Å². The van der Waals surface area contributed by atoms with Crippen molar-refractivity contribution in [2.24, 2.45) is 0 Å². The Balaban J connectivity index is 1.58. The van der Waals surface area contributed by atoms with Crippen LogP contribution in [0.3, 0.4) is 0 Å². The molecule has 8 heteroatoms. The zero-order valence-electron chi connectivity index (χ0n) is 16.2. The van der Waals surface area contributed by atoms with Crippen LogP contribution in [0.25, 0.3) is 5.78 Å². The second-order valence-electron chi connectivity index (χ2n) is 6.66. The molecular weight excluding hydrogens is 362 g/mol. The molecular formula is C19H25N5O2S. The minimum absolute atomic E-state index is 0.0456. The number of aromatic nitrogens is 4. The number of thioether (sulfide) groups is 1. The van der Waals surface area contributed by atoms with E-state index in [0.29, 0.717) is 23.8 Å². The quantitative estimate of drug-likeness (QED) is 0.598. The topological polar surface area (TPSA) is 85.3 Å². The summed E-state index contributed by atoms with van der Waals surface area (Å²) < 4.78 is 7.09. The van der Waals surface area contributed by atoms with Crippen LogP contribution in [0, 0.1) is 13.8 Å². The molecule has 0 spiro atoms. The zero-order valence-corrected chi connectivity index (χ0v) is 17.0. The van der Waals surface area contributed by atoms with Crippen molar-refractivity contribution in [1.29, 1.82) is 0 Å². The molecule has 1 unspecified atom stereocenters. The molecule has 3 aromatic rings. The summed E-state index contributed by atoms with van der Waals surface area (Å²) in [5.41, 5.74) is 2.95. The molecule has 1 amide bonds. The molecule has 0 saturated heterocycles. The van der Waals surface area contributed by atoms with E-state index < -0.39 is 0 Å². The molecule has 0 fully saturated rings. The van der Waals surface area contributed by atoms with E-state index in [0.717, 1.165) is 35.6 Å². The Morgan fingerprint density at radius 1 is 1.33 bits per heavy atom. The fraction of sp³-hybridized carbons (Fsp3) is 0.474. The van der Waals surface area contributed by atoms with Gasteiger partial charge in [-0.15, -0.1) is 5.10 Å². The summed E-state index contributed by atoms with van der Waals surface area (Å²) in [7, 11) is 0. The molecule has 3 rings (SSSR count). The highest BCUT2D eigenvalue weighted by atomic mass is 32.2. The minimum atomic E-state index is 0.0456. The third-order valence-corrected chi connectivity index (χ3v) is 5.16. The van der Waals surface area contributed by atoms with Crippen molar-refractivity contribution in [1.82, 2.24) is 24.9 Å². The molecule has 0 aromatic carbocycles. The molecule has 0 radical (unpaired) electrons. The number of carbonyl (C=O) groups excluding carboxylic acids is 1. The van der Waals surface area contributed by atoms with Gasteiger partial charge in [0.1, 0.15) is 5.76 Å². The lowest BCUT2D eigenvalue weighted by Gasteiger charge is -2.14. The Morgan fingerprint density at radius 2 is 2.15 bits per heavy atom. The summed E-state index contributed by atoms with van der Waals surface area (Å²) in [6.45, 7) is 5.98. The van der Waals surface area contributed by atoms with Gasteiger partial charge in [-0.05, 0) is 57.6 Å². The van der Waals surface area contributed by atoms with Gasteiger partial charge < -0.3 is 9.73 Å². The highest BCUT2D eigenvalue weighted by Crippen LogP contribution is 2.18. The van der Waals surface area contributed by atoms with E-state index in [9.17, 15) is 4.79 Å². The summed E-state index contributed by atoms with van der Waals surface area (Å²) in [6, 6.07) is 3.94. The first kappa shape index (κ1) is 19.4. The summed E-state index contributed by atoms with van der Waals surface area (Å²) in [5, 5.41) is 8.22. The maximum Gasteiger partial charge on any atom is 0.253 e. The molecule has 0 aliphatic heterocycles. The first-order valence-electron chi connectivity index (χ1n) is 9.06. The number of hydrogen-bond donors (Lipinski definition) is 1. The third kappa shape index (κ3) is 4.68. The van der Waals surface area contributed by atoms with Gasteiger partial charge >= 0.3 is 0 Å². The Hall–Kier alpha value is -2.35. The van der Waals surface area contributed by atoms with Crippen LogP contribution < -0.4 is 5.32 Å². The Bertz CT molecular complexity index is 920. The van der Waals surface area contributed by atoms with Crippen molar-refractivity contribution < 1.29 is 9.21 Å². The summed E-state index contributed by atoms with van der Waals surface area (Å²) >= 11 is 1.49. The Morgan fingerprint density at radius 3 is 2.85 bits per heavy atom. The summed E-state index contributed by atoms with van der Waals surface area (Å²) in [4.78, 5) is 21.3. The van der Waals surface area contributed by atoms with Crippen molar-refractivity contribution in [2.45, 2.75) is 57.7 Å². The van der Waals surface area contributed by atoms with Crippen molar-refractivity contribution in [2.75, 3.05) is 6.26 Å². The first-order chi connectivity index (χ1) is 13.0. The minimum Gasteiger partial charge on any atom is -0.469 e. The van der Waals surface area contributed by atoms with E-state index in [1.54, 1.807) is 10.8 Å². The lowest BCUT2D eigenvalue weighted by molar-refractivity contribution is -0.121. The smallest absolute Gasteiger partial charge is 0.253 e. The number of carbonyl (C=O) groups is 1. The van der Waals surface area contributed by atoms with Crippen LogP contribution in [0.4, 0.5) is 0 Å². The van der Waals surface area contributed by atoms with Crippen LogP contribution >= 0.6 is 11.8 Å². The normalized spacial score (nSPS) is 12.4. The lowest BCUT2D eigenvalue weighted by Crippen LogP contribution is -2.33. The maximum absolute atomic E-state index is 12.3. The van der Waals surface area contributed by atoms with Gasteiger partial charge in [-0.2, -0.15) is 4.98 Å². The summed E-state index contributed by atoms with van der Waals surface area (Å²) in [5.74, 6) is 1.59. The third-order valence-electron chi connectivity index (χ3n) is 4.63. The number of rotatable bonds is 8. The molecule has 1 N–H and O–H groups in total. The molecule has 0 bridgehead atoms. The molecule has 144 valence electrons. The van der Waals surface area contributed by atoms with Gasteiger partial charge in [0.05, 0.1) is 6.26 Å². The predicted molar refractivity (Wildman–Crippen MR) is 105 cm³/mol. The van der Waals surface area contributed by atoms with Crippen molar-refractivity contribution >= 4 is 23.4 Å². The standard InChI is InChI=1S/C19H25N5O2S/c1-12(7-8-15-6-5-11-26-15)20-17(25)10-9-16-13(2)21-18-22-19(27-4)23-24(18)14(16)3/h5-6,11-12H,7-10H2,1-4H3,(H,20,25). The van der Waals surface area contributed by atoms with Crippen LogP contribution in [0.1, 0.15) is 42.5 Å². The fourth-order valence-corrected chi connectivity index (χ4v) is 3.45. The lowest BCUT2D eigenvalue weighted by atomic mass is 10.1. The van der Waals surface area contributed by atoms with E-state index in [1.165, 1.54) is 11.8 Å². The van der Waals surface area contributed by atoms with Gasteiger partial charge in [-0.25, -0.2) is 9.50 Å². The molecule has 27 heavy (non-hydrogen) atoms. The average Bonchev–Trinajstić information content (AvgIpc) is 3.29. The largest absolute Gasteiger partial charge is 0.469 e. The Kier molecular flexibility index (Phi) is 6.15. The van der Waals surface area contributed by atoms with E-state index in [-0.39, 0.29) is 11.9 Å². The SMILES string of the molecule is CSc1nc2nc(C)c(CCC(=O)NC(C)CCc3ccco3)c(C)n2n1. The average molecular weight is 388 g/mol. The number of hydrogen-bond acceptors (Lipinski definition) is 6. The van der Waals surface area contributed by atoms with Crippen LogP contribution in [-0.4, -0.2) is 37.8 Å². The second kappa shape index (κ2) is 8.56. The molecule has 7 nitrogen and oxygen atoms in total. The first-order valence-corrected chi connectivity index (χ1v) is 10.3. The van der Waals surface area contributed by atoms with Crippen LogP contribution in [0.2, 0.25) is 0 Å². The van der Waals surface area contributed by atoms with E-state index in [2.05, 4.69) is 20.4 Å². The maximum atomic E-state index is 12.3. The van der Waals surface area contributed by atoms with Crippen LogP contribution in [0.5, 0.6) is 0 Å². The van der Waals surface area contributed by atoms with Gasteiger partial charge in [0.15, 0.2) is 0 Å². The number of furan rings is 1. The van der Waals surface area contributed by atoms with Crippen LogP contribution in [-0.2, 0) is 17.6 Å². The van der Waals surface area contributed by atoms with Gasteiger partial charge in [-0.3, -0.25) is 4.79 Å². The fourth-order valence-electron chi connectivity index (χ4n) is 3.11. The van der Waals surface area contributed by atoms with Gasteiger partial charge in [-0.1, -0.05) is 11.8 Å². The number of aryl methyl sites for hydroxylation is 3. The summed E-state index contributed by atoms with van der Waals surface area (Å²) in [6.07, 6.45) is 6.33. The number of nitrogens with one attached hydrogen (secondary N) is 1. The predicted octanol–water partition coefficient (Wildman–Crippen LogP) is 3.13.